The van der Waals surface area contributed by atoms with Gasteiger partial charge in [0.15, 0.2) is 0 Å². The van der Waals surface area contributed by atoms with Crippen molar-refractivity contribution >= 4 is 0 Å². The summed E-state index contributed by atoms with van der Waals surface area (Å²) in [7, 11) is 0. The second-order valence-electron chi connectivity index (χ2n) is 3.92. The molecular weight excluding hydrogens is 156 g/mol. The van der Waals surface area contributed by atoms with Crippen LogP contribution >= 0.6 is 0 Å². The van der Waals surface area contributed by atoms with Gasteiger partial charge in [-0.15, -0.1) is 0 Å². The highest BCUT2D eigenvalue weighted by molar-refractivity contribution is 5.25. The summed E-state index contributed by atoms with van der Waals surface area (Å²) < 4.78 is 0. The van der Waals surface area contributed by atoms with Gasteiger partial charge in [0.25, 0.3) is 0 Å². The lowest BCUT2D eigenvalue weighted by Gasteiger charge is -2.24. The van der Waals surface area contributed by atoms with E-state index >= 15 is 0 Å². The van der Waals surface area contributed by atoms with Gasteiger partial charge < -0.3 is 0 Å². The molecule has 1 aliphatic rings. The molecule has 0 bridgehead atoms. The molecule has 0 heterocycles. The quantitative estimate of drug-likeness (QED) is 0.566. The van der Waals surface area contributed by atoms with E-state index in [0.717, 1.165) is 5.92 Å². The summed E-state index contributed by atoms with van der Waals surface area (Å²) in [6.45, 7) is 2.35. The van der Waals surface area contributed by atoms with Crippen LogP contribution in [-0.4, -0.2) is 0 Å². The van der Waals surface area contributed by atoms with Crippen LogP contribution in [0.15, 0.2) is 42.5 Å². The molecule has 0 nitrogen and oxygen atoms in total. The highest BCUT2D eigenvalue weighted by Gasteiger charge is 2.18. The van der Waals surface area contributed by atoms with Crippen LogP contribution in [0.2, 0.25) is 0 Å². The van der Waals surface area contributed by atoms with Crippen LogP contribution in [0, 0.1) is 5.92 Å². The lowest BCUT2D eigenvalue weighted by atomic mass is 9.81. The molecule has 0 fully saturated rings. The third kappa shape index (κ3) is 1.82. The molecule has 13 heavy (non-hydrogen) atoms. The molecule has 1 aromatic carbocycles. The minimum Gasteiger partial charge on any atom is -0.0879 e. The lowest BCUT2D eigenvalue weighted by molar-refractivity contribution is 0.469. The van der Waals surface area contributed by atoms with E-state index in [0.29, 0.717) is 5.92 Å². The molecule has 0 radical (unpaired) electrons. The molecule has 1 aromatic rings. The fourth-order valence-electron chi connectivity index (χ4n) is 2.09. The molecule has 0 saturated heterocycles. The normalized spacial score (nSPS) is 27.5. The topological polar surface area (TPSA) is 0 Å². The standard InChI is InChI=1S/C13H16/c1-11-7-5-6-10-13(11)12-8-3-2-4-9-12/h2-4,6,8-11,13H,5,7H2,1H3/t11-,13+/m1/s1. The number of benzene rings is 1. The fourth-order valence-corrected chi connectivity index (χ4v) is 2.09. The first kappa shape index (κ1) is 8.55. The van der Waals surface area contributed by atoms with E-state index in [1.165, 1.54) is 18.4 Å². The highest BCUT2D eigenvalue weighted by atomic mass is 14.2. The van der Waals surface area contributed by atoms with Gasteiger partial charge in [0.1, 0.15) is 0 Å². The molecule has 0 amide bonds. The van der Waals surface area contributed by atoms with Crippen LogP contribution in [0.1, 0.15) is 31.2 Å². The summed E-state index contributed by atoms with van der Waals surface area (Å²) >= 11 is 0. The Morgan fingerprint density at radius 1 is 1.15 bits per heavy atom. The molecule has 0 aromatic heterocycles. The zero-order chi connectivity index (χ0) is 9.10. The van der Waals surface area contributed by atoms with Crippen LogP contribution in [0.3, 0.4) is 0 Å². The van der Waals surface area contributed by atoms with Crippen molar-refractivity contribution in [3.63, 3.8) is 0 Å². The second kappa shape index (κ2) is 3.78. The van der Waals surface area contributed by atoms with Crippen molar-refractivity contribution in [2.24, 2.45) is 5.92 Å². The summed E-state index contributed by atoms with van der Waals surface area (Å²) in [6, 6.07) is 10.8. The maximum atomic E-state index is 2.36. The van der Waals surface area contributed by atoms with Crippen LogP contribution in [0.4, 0.5) is 0 Å². The van der Waals surface area contributed by atoms with Gasteiger partial charge in [0, 0.05) is 5.92 Å². The highest BCUT2D eigenvalue weighted by Crippen LogP contribution is 2.32. The van der Waals surface area contributed by atoms with Crippen LogP contribution in [-0.2, 0) is 0 Å². The predicted molar refractivity (Wildman–Crippen MR) is 56.7 cm³/mol. The van der Waals surface area contributed by atoms with E-state index in [1.807, 2.05) is 0 Å². The Balaban J connectivity index is 2.25. The zero-order valence-corrected chi connectivity index (χ0v) is 8.11. The largest absolute Gasteiger partial charge is 0.0879 e. The van der Waals surface area contributed by atoms with Crippen molar-refractivity contribution in [1.29, 1.82) is 0 Å². The number of hydrogen-bond acceptors (Lipinski definition) is 0. The van der Waals surface area contributed by atoms with Crippen LogP contribution in [0.25, 0.3) is 0 Å². The molecule has 0 saturated carbocycles. The minimum atomic E-state index is 0.648. The van der Waals surface area contributed by atoms with Gasteiger partial charge in [-0.05, 0) is 24.3 Å². The zero-order valence-electron chi connectivity index (χ0n) is 8.11. The second-order valence-corrected chi connectivity index (χ2v) is 3.92. The van der Waals surface area contributed by atoms with Gasteiger partial charge in [0.2, 0.25) is 0 Å². The Hall–Kier alpha value is -1.04. The molecular formula is C13H16. The fraction of sp³-hybridized carbons (Fsp3) is 0.385. The monoisotopic (exact) mass is 172 g/mol. The lowest BCUT2D eigenvalue weighted by Crippen LogP contribution is -2.10. The van der Waals surface area contributed by atoms with Crippen molar-refractivity contribution in [3.8, 4) is 0 Å². The summed E-state index contributed by atoms with van der Waals surface area (Å²) in [4.78, 5) is 0. The number of rotatable bonds is 1. The van der Waals surface area contributed by atoms with Crippen molar-refractivity contribution in [3.05, 3.63) is 48.0 Å². The Kier molecular flexibility index (Phi) is 2.49. The van der Waals surface area contributed by atoms with Gasteiger partial charge in [-0.25, -0.2) is 0 Å². The molecule has 0 aliphatic heterocycles. The maximum absolute atomic E-state index is 2.36. The van der Waals surface area contributed by atoms with Gasteiger partial charge >= 0.3 is 0 Å². The summed E-state index contributed by atoms with van der Waals surface area (Å²) in [5.74, 6) is 1.45. The molecule has 1 aliphatic carbocycles. The summed E-state index contributed by atoms with van der Waals surface area (Å²) in [6.07, 6.45) is 7.27. The molecule has 68 valence electrons. The molecule has 0 N–H and O–H groups in total. The average molecular weight is 172 g/mol. The van der Waals surface area contributed by atoms with Crippen molar-refractivity contribution in [1.82, 2.24) is 0 Å². The summed E-state index contributed by atoms with van der Waals surface area (Å²) in [5.41, 5.74) is 1.46. The first-order chi connectivity index (χ1) is 6.38. The van der Waals surface area contributed by atoms with E-state index in [1.54, 1.807) is 0 Å². The van der Waals surface area contributed by atoms with Crippen molar-refractivity contribution in [2.75, 3.05) is 0 Å². The molecule has 2 atom stereocenters. The third-order valence-electron chi connectivity index (χ3n) is 2.93. The first-order valence-corrected chi connectivity index (χ1v) is 5.09. The van der Waals surface area contributed by atoms with E-state index in [9.17, 15) is 0 Å². The number of hydrogen-bond donors (Lipinski definition) is 0. The van der Waals surface area contributed by atoms with E-state index in [4.69, 9.17) is 0 Å². The summed E-state index contributed by atoms with van der Waals surface area (Å²) in [5, 5.41) is 0. The smallest absolute Gasteiger partial charge is 0.00437 e. The molecule has 2 rings (SSSR count). The molecule has 0 unspecified atom stereocenters. The van der Waals surface area contributed by atoms with Crippen molar-refractivity contribution in [2.45, 2.75) is 25.7 Å². The van der Waals surface area contributed by atoms with Gasteiger partial charge in [0.05, 0.1) is 0 Å². The molecule has 0 spiro atoms. The predicted octanol–water partition coefficient (Wildman–Crippen LogP) is 3.76. The van der Waals surface area contributed by atoms with E-state index in [-0.39, 0.29) is 0 Å². The van der Waals surface area contributed by atoms with Gasteiger partial charge in [-0.3, -0.25) is 0 Å². The third-order valence-corrected chi connectivity index (χ3v) is 2.93. The van der Waals surface area contributed by atoms with Crippen LogP contribution < -0.4 is 0 Å². The first-order valence-electron chi connectivity index (χ1n) is 5.09. The van der Waals surface area contributed by atoms with Gasteiger partial charge in [-0.2, -0.15) is 0 Å². The SMILES string of the molecule is C[C@@H]1CCC=C[C@@H]1c1ccccc1. The average Bonchev–Trinajstić information content (AvgIpc) is 2.20. The Morgan fingerprint density at radius 2 is 1.92 bits per heavy atom. The van der Waals surface area contributed by atoms with E-state index in [2.05, 4.69) is 49.4 Å². The van der Waals surface area contributed by atoms with E-state index < -0.39 is 0 Å². The van der Waals surface area contributed by atoms with Crippen molar-refractivity contribution < 1.29 is 0 Å². The Labute approximate surface area is 80.3 Å². The van der Waals surface area contributed by atoms with Crippen LogP contribution in [0.5, 0.6) is 0 Å². The maximum Gasteiger partial charge on any atom is 0.00437 e. The van der Waals surface area contributed by atoms with Gasteiger partial charge in [-0.1, -0.05) is 49.4 Å². The Morgan fingerprint density at radius 3 is 2.62 bits per heavy atom. The molecule has 0 heteroatoms. The number of allylic oxidation sites excluding steroid dienone is 2. The minimum absolute atomic E-state index is 0.648. The Bertz CT molecular complexity index is 284.